The van der Waals surface area contributed by atoms with E-state index in [0.717, 1.165) is 4.96 Å². The average Bonchev–Trinajstić information content (AvgIpc) is 2.62. The first kappa shape index (κ1) is 8.75. The quantitative estimate of drug-likeness (QED) is 0.717. The maximum absolute atomic E-state index is 4.52. The Hall–Kier alpha value is -0.830. The summed E-state index contributed by atoms with van der Waals surface area (Å²) in [4.78, 5) is 5.64. The molecule has 0 aliphatic rings. The lowest BCUT2D eigenvalue weighted by Gasteiger charge is -2.07. The Morgan fingerprint density at radius 2 is 2.38 bits per heavy atom. The van der Waals surface area contributed by atoms with Gasteiger partial charge >= 0.3 is 0 Å². The van der Waals surface area contributed by atoms with E-state index in [-0.39, 0.29) is 0 Å². The van der Waals surface area contributed by atoms with E-state index in [4.69, 9.17) is 0 Å². The van der Waals surface area contributed by atoms with Gasteiger partial charge in [0.2, 0.25) is 0 Å². The number of aryl methyl sites for hydroxylation is 1. The Labute approximate surface area is 82.2 Å². The number of rotatable bonds is 2. The zero-order valence-electron chi connectivity index (χ0n) is 8.24. The van der Waals surface area contributed by atoms with Crippen molar-refractivity contribution in [3.63, 3.8) is 0 Å². The van der Waals surface area contributed by atoms with Crippen LogP contribution in [0.1, 0.15) is 37.6 Å². The molecule has 0 radical (unpaired) electrons. The summed E-state index contributed by atoms with van der Waals surface area (Å²) in [5, 5.41) is 2.09. The van der Waals surface area contributed by atoms with Gasteiger partial charge in [-0.15, -0.1) is 11.3 Å². The molecular formula is C10H14N2S. The van der Waals surface area contributed by atoms with Gasteiger partial charge < -0.3 is 0 Å². The fraction of sp³-hybridized carbons (Fsp3) is 0.500. The van der Waals surface area contributed by atoms with E-state index in [1.807, 2.05) is 0 Å². The smallest absolute Gasteiger partial charge is 0.194 e. The molecule has 2 aromatic rings. The summed E-state index contributed by atoms with van der Waals surface area (Å²) in [5.41, 5.74) is 2.56. The molecule has 0 saturated heterocycles. The van der Waals surface area contributed by atoms with Crippen LogP contribution in [0.15, 0.2) is 11.6 Å². The topological polar surface area (TPSA) is 17.3 Å². The van der Waals surface area contributed by atoms with Gasteiger partial charge in [-0.2, -0.15) is 0 Å². The number of hydrogen-bond acceptors (Lipinski definition) is 2. The van der Waals surface area contributed by atoms with Crippen molar-refractivity contribution in [1.82, 2.24) is 9.38 Å². The summed E-state index contributed by atoms with van der Waals surface area (Å²) in [6.07, 6.45) is 3.28. The predicted octanol–water partition coefficient (Wildman–Crippen LogP) is 3.22. The molecule has 0 fully saturated rings. The normalized spacial score (nSPS) is 13.8. The Kier molecular flexibility index (Phi) is 2.12. The van der Waals surface area contributed by atoms with E-state index in [0.29, 0.717) is 5.92 Å². The highest BCUT2D eigenvalue weighted by Gasteiger charge is 2.13. The summed E-state index contributed by atoms with van der Waals surface area (Å²) in [7, 11) is 0. The van der Waals surface area contributed by atoms with Crippen molar-refractivity contribution in [3.8, 4) is 0 Å². The van der Waals surface area contributed by atoms with E-state index >= 15 is 0 Å². The molecule has 2 heterocycles. The molecule has 13 heavy (non-hydrogen) atoms. The largest absolute Gasteiger partial charge is 0.294 e. The van der Waals surface area contributed by atoms with Crippen molar-refractivity contribution in [2.75, 3.05) is 0 Å². The molecule has 1 atom stereocenters. The first-order valence-electron chi connectivity index (χ1n) is 4.66. The molecule has 3 heteroatoms. The summed E-state index contributed by atoms with van der Waals surface area (Å²) in [6, 6.07) is 0. The molecular weight excluding hydrogens is 180 g/mol. The van der Waals surface area contributed by atoms with Gasteiger partial charge in [-0.3, -0.25) is 4.40 Å². The summed E-state index contributed by atoms with van der Waals surface area (Å²) in [6.45, 7) is 6.57. The molecule has 70 valence electrons. The van der Waals surface area contributed by atoms with Crippen LogP contribution in [0.5, 0.6) is 0 Å². The van der Waals surface area contributed by atoms with Crippen molar-refractivity contribution in [2.45, 2.75) is 33.1 Å². The van der Waals surface area contributed by atoms with Crippen molar-refractivity contribution >= 4 is 16.3 Å². The molecule has 0 N–H and O–H groups in total. The number of thiazole rings is 1. The highest BCUT2D eigenvalue weighted by molar-refractivity contribution is 7.15. The average molecular weight is 194 g/mol. The maximum Gasteiger partial charge on any atom is 0.194 e. The highest BCUT2D eigenvalue weighted by atomic mass is 32.1. The molecule has 0 aliphatic carbocycles. The summed E-state index contributed by atoms with van der Waals surface area (Å²) in [5.74, 6) is 0.601. The minimum atomic E-state index is 0.601. The van der Waals surface area contributed by atoms with E-state index in [9.17, 15) is 0 Å². The SMILES string of the molecule is CCC(C)c1c(C)nc2sccn12. The van der Waals surface area contributed by atoms with Gasteiger partial charge in [0.15, 0.2) is 4.96 Å². The van der Waals surface area contributed by atoms with Crippen LogP contribution < -0.4 is 0 Å². The first-order valence-corrected chi connectivity index (χ1v) is 5.54. The summed E-state index contributed by atoms with van der Waals surface area (Å²) >= 11 is 1.70. The second-order valence-corrected chi connectivity index (χ2v) is 4.32. The van der Waals surface area contributed by atoms with Crippen molar-refractivity contribution in [2.24, 2.45) is 0 Å². The second kappa shape index (κ2) is 3.14. The van der Waals surface area contributed by atoms with Crippen LogP contribution >= 0.6 is 11.3 Å². The number of fused-ring (bicyclic) bond motifs is 1. The molecule has 2 aromatic heterocycles. The van der Waals surface area contributed by atoms with Crippen LogP contribution in [0.4, 0.5) is 0 Å². The van der Waals surface area contributed by atoms with Gasteiger partial charge in [0.1, 0.15) is 0 Å². The van der Waals surface area contributed by atoms with Crippen LogP contribution in [0.2, 0.25) is 0 Å². The molecule has 0 amide bonds. The molecule has 2 rings (SSSR count). The number of imidazole rings is 1. The standard InChI is InChI=1S/C10H14N2S/c1-4-7(2)9-8(3)11-10-12(9)5-6-13-10/h5-7H,4H2,1-3H3. The van der Waals surface area contributed by atoms with E-state index < -0.39 is 0 Å². The van der Waals surface area contributed by atoms with Crippen molar-refractivity contribution < 1.29 is 0 Å². The van der Waals surface area contributed by atoms with Gasteiger partial charge in [0.05, 0.1) is 5.69 Å². The van der Waals surface area contributed by atoms with Crippen LogP contribution in [0, 0.1) is 6.92 Å². The Bertz CT molecular complexity index is 413. The van der Waals surface area contributed by atoms with Crippen LogP contribution in [0.3, 0.4) is 0 Å². The monoisotopic (exact) mass is 194 g/mol. The van der Waals surface area contributed by atoms with Gasteiger partial charge in [-0.25, -0.2) is 4.98 Å². The predicted molar refractivity (Wildman–Crippen MR) is 56.5 cm³/mol. The number of hydrogen-bond donors (Lipinski definition) is 0. The molecule has 0 spiro atoms. The fourth-order valence-electron chi connectivity index (χ4n) is 1.70. The first-order chi connectivity index (χ1) is 6.24. The van der Waals surface area contributed by atoms with Gasteiger partial charge in [-0.05, 0) is 19.3 Å². The van der Waals surface area contributed by atoms with Gasteiger partial charge in [0.25, 0.3) is 0 Å². The zero-order valence-corrected chi connectivity index (χ0v) is 9.06. The third-order valence-corrected chi connectivity index (χ3v) is 3.32. The zero-order chi connectivity index (χ0) is 9.42. The molecule has 0 aromatic carbocycles. The molecule has 1 unspecified atom stereocenters. The second-order valence-electron chi connectivity index (χ2n) is 3.45. The molecule has 0 aliphatic heterocycles. The minimum Gasteiger partial charge on any atom is -0.294 e. The molecule has 0 saturated carbocycles. The van der Waals surface area contributed by atoms with Crippen LogP contribution in [-0.4, -0.2) is 9.38 Å². The fourth-order valence-corrected chi connectivity index (χ4v) is 2.47. The third kappa shape index (κ3) is 1.27. The Morgan fingerprint density at radius 3 is 3.08 bits per heavy atom. The van der Waals surface area contributed by atoms with Crippen LogP contribution in [0.25, 0.3) is 4.96 Å². The van der Waals surface area contributed by atoms with Gasteiger partial charge in [-0.1, -0.05) is 13.8 Å². The van der Waals surface area contributed by atoms with Gasteiger partial charge in [0, 0.05) is 17.3 Å². The third-order valence-electron chi connectivity index (χ3n) is 2.56. The van der Waals surface area contributed by atoms with E-state index in [1.165, 1.54) is 17.8 Å². The Morgan fingerprint density at radius 1 is 1.62 bits per heavy atom. The molecule has 2 nitrogen and oxygen atoms in total. The minimum absolute atomic E-state index is 0.601. The van der Waals surface area contributed by atoms with E-state index in [1.54, 1.807) is 11.3 Å². The van der Waals surface area contributed by atoms with Crippen molar-refractivity contribution in [1.29, 1.82) is 0 Å². The van der Waals surface area contributed by atoms with E-state index in [2.05, 4.69) is 41.7 Å². The summed E-state index contributed by atoms with van der Waals surface area (Å²) < 4.78 is 2.22. The number of aromatic nitrogens is 2. The molecule has 0 bridgehead atoms. The lowest BCUT2D eigenvalue weighted by atomic mass is 10.0. The Balaban J connectivity index is 2.63. The highest BCUT2D eigenvalue weighted by Crippen LogP contribution is 2.25. The lowest BCUT2D eigenvalue weighted by Crippen LogP contribution is -1.97. The number of nitrogens with zero attached hydrogens (tertiary/aromatic N) is 2. The van der Waals surface area contributed by atoms with Crippen LogP contribution in [-0.2, 0) is 0 Å². The van der Waals surface area contributed by atoms with Crippen molar-refractivity contribution in [3.05, 3.63) is 23.0 Å². The lowest BCUT2D eigenvalue weighted by molar-refractivity contribution is 0.695. The maximum atomic E-state index is 4.52.